The van der Waals surface area contributed by atoms with Crippen LogP contribution in [-0.2, 0) is 4.79 Å². The molecular weight excluding hydrogens is 266 g/mol. The SMILES string of the molecule is CC(C(=O)N1CCNCC1)N1CCCOc2ccccc21. The Morgan fingerprint density at radius 1 is 1.24 bits per heavy atom. The van der Waals surface area contributed by atoms with E-state index in [-0.39, 0.29) is 11.9 Å². The summed E-state index contributed by atoms with van der Waals surface area (Å²) in [6.07, 6.45) is 0.938. The molecule has 3 rings (SSSR count). The van der Waals surface area contributed by atoms with Gasteiger partial charge in [-0.3, -0.25) is 4.79 Å². The monoisotopic (exact) mass is 289 g/mol. The van der Waals surface area contributed by atoms with Gasteiger partial charge in [-0.1, -0.05) is 12.1 Å². The first-order valence-electron chi connectivity index (χ1n) is 7.75. The molecule has 0 spiro atoms. The molecule has 5 heteroatoms. The number of anilines is 1. The minimum atomic E-state index is -0.147. The summed E-state index contributed by atoms with van der Waals surface area (Å²) in [5, 5.41) is 3.29. The van der Waals surface area contributed by atoms with E-state index in [4.69, 9.17) is 4.74 Å². The highest BCUT2D eigenvalue weighted by Gasteiger charge is 2.29. The van der Waals surface area contributed by atoms with E-state index in [0.29, 0.717) is 6.61 Å². The zero-order valence-corrected chi connectivity index (χ0v) is 12.5. The molecular formula is C16H23N3O2. The molecule has 5 nitrogen and oxygen atoms in total. The summed E-state index contributed by atoms with van der Waals surface area (Å²) >= 11 is 0. The largest absolute Gasteiger partial charge is 0.491 e. The molecule has 21 heavy (non-hydrogen) atoms. The molecule has 0 aromatic heterocycles. The Hall–Kier alpha value is -1.75. The van der Waals surface area contributed by atoms with Crippen LogP contribution in [0.4, 0.5) is 5.69 Å². The fraction of sp³-hybridized carbons (Fsp3) is 0.562. The second kappa shape index (κ2) is 6.35. The van der Waals surface area contributed by atoms with Gasteiger partial charge >= 0.3 is 0 Å². The average molecular weight is 289 g/mol. The highest BCUT2D eigenvalue weighted by Crippen LogP contribution is 2.32. The maximum atomic E-state index is 12.7. The van der Waals surface area contributed by atoms with Crippen molar-refractivity contribution in [3.63, 3.8) is 0 Å². The summed E-state index contributed by atoms with van der Waals surface area (Å²) in [7, 11) is 0. The van der Waals surface area contributed by atoms with Crippen molar-refractivity contribution in [3.05, 3.63) is 24.3 Å². The van der Waals surface area contributed by atoms with E-state index in [2.05, 4.69) is 10.2 Å². The maximum absolute atomic E-state index is 12.7. The number of amides is 1. The van der Waals surface area contributed by atoms with Crippen LogP contribution >= 0.6 is 0 Å². The number of hydrogen-bond acceptors (Lipinski definition) is 4. The third-order valence-electron chi connectivity index (χ3n) is 4.23. The lowest BCUT2D eigenvalue weighted by atomic mass is 10.1. The fourth-order valence-corrected chi connectivity index (χ4v) is 3.04. The Morgan fingerprint density at radius 3 is 2.81 bits per heavy atom. The van der Waals surface area contributed by atoms with Gasteiger partial charge in [-0.15, -0.1) is 0 Å². The number of hydrogen-bond donors (Lipinski definition) is 1. The third-order valence-corrected chi connectivity index (χ3v) is 4.23. The molecule has 1 aromatic rings. The van der Waals surface area contributed by atoms with E-state index in [1.807, 2.05) is 36.1 Å². The molecule has 1 fully saturated rings. The molecule has 2 aliphatic rings. The first-order valence-corrected chi connectivity index (χ1v) is 7.75. The lowest BCUT2D eigenvalue weighted by molar-refractivity contribution is -0.132. The first-order chi connectivity index (χ1) is 10.3. The molecule has 1 unspecified atom stereocenters. The molecule has 1 amide bonds. The van der Waals surface area contributed by atoms with Gasteiger partial charge in [0, 0.05) is 32.7 Å². The Labute approximate surface area is 125 Å². The summed E-state index contributed by atoms with van der Waals surface area (Å²) in [5.41, 5.74) is 1.03. The Kier molecular flexibility index (Phi) is 4.29. The standard InChI is InChI=1S/C16H23N3O2/c1-13(16(20)18-10-7-17-8-11-18)19-9-4-12-21-15-6-3-2-5-14(15)19/h2-3,5-6,13,17H,4,7-12H2,1H3. The summed E-state index contributed by atoms with van der Waals surface area (Å²) in [4.78, 5) is 16.9. The third kappa shape index (κ3) is 2.97. The van der Waals surface area contributed by atoms with Gasteiger partial charge in [-0.25, -0.2) is 0 Å². The normalized spacial score (nSPS) is 20.2. The lowest BCUT2D eigenvalue weighted by Gasteiger charge is -2.35. The molecule has 1 atom stereocenters. The molecule has 0 radical (unpaired) electrons. The van der Waals surface area contributed by atoms with Crippen molar-refractivity contribution >= 4 is 11.6 Å². The average Bonchev–Trinajstić information content (AvgIpc) is 2.77. The van der Waals surface area contributed by atoms with Gasteiger partial charge in [0.25, 0.3) is 0 Å². The van der Waals surface area contributed by atoms with Crippen LogP contribution in [0.25, 0.3) is 0 Å². The van der Waals surface area contributed by atoms with Gasteiger partial charge in [-0.2, -0.15) is 0 Å². The van der Waals surface area contributed by atoms with Crippen LogP contribution in [-0.4, -0.2) is 56.2 Å². The summed E-state index contributed by atoms with van der Waals surface area (Å²) < 4.78 is 5.78. The van der Waals surface area contributed by atoms with Crippen molar-refractivity contribution in [1.29, 1.82) is 0 Å². The van der Waals surface area contributed by atoms with Crippen LogP contribution in [0.1, 0.15) is 13.3 Å². The van der Waals surface area contributed by atoms with E-state index in [1.54, 1.807) is 0 Å². The summed E-state index contributed by atoms with van der Waals surface area (Å²) in [6, 6.07) is 7.86. The molecule has 0 bridgehead atoms. The van der Waals surface area contributed by atoms with Crippen LogP contribution < -0.4 is 15.0 Å². The zero-order valence-electron chi connectivity index (χ0n) is 12.5. The van der Waals surface area contributed by atoms with Crippen LogP contribution in [0, 0.1) is 0 Å². The summed E-state index contributed by atoms with van der Waals surface area (Å²) in [6.45, 7) is 6.95. The second-order valence-corrected chi connectivity index (χ2v) is 5.61. The number of ether oxygens (including phenoxy) is 1. The van der Waals surface area contributed by atoms with E-state index >= 15 is 0 Å². The lowest BCUT2D eigenvalue weighted by Crippen LogP contribution is -2.53. The molecule has 2 aliphatic heterocycles. The smallest absolute Gasteiger partial charge is 0.245 e. The molecule has 0 aliphatic carbocycles. The van der Waals surface area contributed by atoms with Crippen molar-refractivity contribution in [1.82, 2.24) is 10.2 Å². The van der Waals surface area contributed by atoms with Crippen LogP contribution in [0.2, 0.25) is 0 Å². The Bertz CT molecular complexity index is 500. The number of carbonyl (C=O) groups excluding carboxylic acids is 1. The Balaban J connectivity index is 1.80. The number of piperazine rings is 1. The van der Waals surface area contributed by atoms with Gasteiger partial charge < -0.3 is 19.9 Å². The molecule has 114 valence electrons. The number of benzene rings is 1. The molecule has 1 N–H and O–H groups in total. The zero-order chi connectivity index (χ0) is 14.7. The van der Waals surface area contributed by atoms with Crippen LogP contribution in [0.15, 0.2) is 24.3 Å². The topological polar surface area (TPSA) is 44.8 Å². The predicted octanol–water partition coefficient (Wildman–Crippen LogP) is 1.10. The number of nitrogens with one attached hydrogen (secondary N) is 1. The van der Waals surface area contributed by atoms with Crippen molar-refractivity contribution in [3.8, 4) is 5.75 Å². The number of nitrogens with zero attached hydrogens (tertiary/aromatic N) is 2. The molecule has 1 saturated heterocycles. The van der Waals surface area contributed by atoms with E-state index < -0.39 is 0 Å². The second-order valence-electron chi connectivity index (χ2n) is 5.61. The molecule has 0 saturated carbocycles. The predicted molar refractivity (Wildman–Crippen MR) is 82.8 cm³/mol. The van der Waals surface area contributed by atoms with E-state index in [0.717, 1.165) is 50.6 Å². The van der Waals surface area contributed by atoms with E-state index in [1.165, 1.54) is 0 Å². The van der Waals surface area contributed by atoms with Gasteiger partial charge in [0.1, 0.15) is 11.8 Å². The number of rotatable bonds is 2. The summed E-state index contributed by atoms with van der Waals surface area (Å²) in [5.74, 6) is 1.10. The minimum Gasteiger partial charge on any atom is -0.491 e. The highest BCUT2D eigenvalue weighted by molar-refractivity contribution is 5.85. The minimum absolute atomic E-state index is 0.147. The van der Waals surface area contributed by atoms with Gasteiger partial charge in [-0.05, 0) is 25.5 Å². The van der Waals surface area contributed by atoms with Crippen molar-refractivity contribution in [2.24, 2.45) is 0 Å². The highest BCUT2D eigenvalue weighted by atomic mass is 16.5. The number of fused-ring (bicyclic) bond motifs is 1. The molecule has 1 aromatic carbocycles. The van der Waals surface area contributed by atoms with Crippen LogP contribution in [0.5, 0.6) is 5.75 Å². The van der Waals surface area contributed by atoms with Crippen molar-refractivity contribution in [2.45, 2.75) is 19.4 Å². The fourth-order valence-electron chi connectivity index (χ4n) is 3.04. The van der Waals surface area contributed by atoms with Crippen LogP contribution in [0.3, 0.4) is 0 Å². The van der Waals surface area contributed by atoms with Crippen molar-refractivity contribution in [2.75, 3.05) is 44.2 Å². The van der Waals surface area contributed by atoms with Gasteiger partial charge in [0.05, 0.1) is 12.3 Å². The molecule has 2 heterocycles. The quantitative estimate of drug-likeness (QED) is 0.885. The number of carbonyl (C=O) groups is 1. The van der Waals surface area contributed by atoms with Crippen molar-refractivity contribution < 1.29 is 9.53 Å². The van der Waals surface area contributed by atoms with Gasteiger partial charge in [0.15, 0.2) is 0 Å². The Morgan fingerprint density at radius 2 is 2.00 bits per heavy atom. The van der Waals surface area contributed by atoms with Gasteiger partial charge in [0.2, 0.25) is 5.91 Å². The van der Waals surface area contributed by atoms with E-state index in [9.17, 15) is 4.79 Å². The number of para-hydroxylation sites is 2. The maximum Gasteiger partial charge on any atom is 0.245 e. The first kappa shape index (κ1) is 14.2.